The van der Waals surface area contributed by atoms with Gasteiger partial charge in [0.15, 0.2) is 0 Å². The number of ether oxygens (including phenoxy) is 1. The van der Waals surface area contributed by atoms with Crippen LogP contribution in [0.25, 0.3) is 0 Å². The monoisotopic (exact) mass is 440 g/mol. The fourth-order valence-electron chi connectivity index (χ4n) is 3.27. The van der Waals surface area contributed by atoms with Gasteiger partial charge in [-0.25, -0.2) is 4.98 Å². The standard InChI is InChI=1S/C22H28N6O4/c1-12-19(21(24)32-20(23)14-5-3-13(4-6-14)8-25-2)28-18(10-26-12)16-7-17(16)22(31)27-9-15(30)11-29/h3-6,10,15-17,23-25,29-30H,7-9,11H2,1-2H3,(H,27,31). The summed E-state index contributed by atoms with van der Waals surface area (Å²) in [6.07, 6.45) is 1.18. The lowest BCUT2D eigenvalue weighted by Gasteiger charge is -2.11. The molecule has 6 N–H and O–H groups in total. The topological polar surface area (TPSA) is 164 Å². The molecule has 1 heterocycles. The van der Waals surface area contributed by atoms with Gasteiger partial charge < -0.3 is 25.6 Å². The number of carbonyl (C=O) groups excluding carboxylic acids is 1. The molecular weight excluding hydrogens is 412 g/mol. The molecule has 1 fully saturated rings. The van der Waals surface area contributed by atoms with E-state index >= 15 is 0 Å². The zero-order chi connectivity index (χ0) is 23.3. The van der Waals surface area contributed by atoms with E-state index in [2.05, 4.69) is 20.6 Å². The second-order valence-corrected chi connectivity index (χ2v) is 7.75. The van der Waals surface area contributed by atoms with E-state index in [1.165, 1.54) is 0 Å². The second kappa shape index (κ2) is 10.4. The van der Waals surface area contributed by atoms with Crippen molar-refractivity contribution in [2.75, 3.05) is 20.2 Å². The van der Waals surface area contributed by atoms with E-state index in [9.17, 15) is 9.90 Å². The van der Waals surface area contributed by atoms with Gasteiger partial charge in [-0.3, -0.25) is 20.6 Å². The molecule has 10 nitrogen and oxygen atoms in total. The van der Waals surface area contributed by atoms with Crippen LogP contribution in [0.4, 0.5) is 0 Å². The molecule has 0 spiro atoms. The highest BCUT2D eigenvalue weighted by molar-refractivity contribution is 6.04. The Bertz CT molecular complexity index is 994. The number of hydrogen-bond acceptors (Lipinski definition) is 9. The Balaban J connectivity index is 1.63. The highest BCUT2D eigenvalue weighted by Crippen LogP contribution is 2.46. The molecule has 170 valence electrons. The Labute approximate surface area is 186 Å². The minimum atomic E-state index is -0.991. The van der Waals surface area contributed by atoms with E-state index in [1.54, 1.807) is 25.3 Å². The summed E-state index contributed by atoms with van der Waals surface area (Å²) in [7, 11) is 1.86. The highest BCUT2D eigenvalue weighted by atomic mass is 16.5. The van der Waals surface area contributed by atoms with E-state index in [0.717, 1.165) is 5.56 Å². The van der Waals surface area contributed by atoms with Gasteiger partial charge in [-0.15, -0.1) is 0 Å². The van der Waals surface area contributed by atoms with Crippen LogP contribution in [0.15, 0.2) is 30.5 Å². The molecule has 2 aromatic rings. The zero-order valence-electron chi connectivity index (χ0n) is 18.1. The molecule has 1 amide bonds. The fraction of sp³-hybridized carbons (Fsp3) is 0.409. The minimum Gasteiger partial charge on any atom is -0.419 e. The molecule has 3 atom stereocenters. The first-order valence-corrected chi connectivity index (χ1v) is 10.3. The van der Waals surface area contributed by atoms with Gasteiger partial charge in [0.2, 0.25) is 17.7 Å². The van der Waals surface area contributed by atoms with Gasteiger partial charge in [0.1, 0.15) is 5.69 Å². The third-order valence-electron chi connectivity index (χ3n) is 5.22. The van der Waals surface area contributed by atoms with Crippen LogP contribution in [-0.4, -0.2) is 64.2 Å². The Kier molecular flexibility index (Phi) is 7.62. The predicted molar refractivity (Wildman–Crippen MR) is 118 cm³/mol. The predicted octanol–water partition coefficient (Wildman–Crippen LogP) is 0.445. The number of rotatable bonds is 9. The maximum Gasteiger partial charge on any atom is 0.241 e. The van der Waals surface area contributed by atoms with Gasteiger partial charge in [-0.05, 0) is 38.1 Å². The van der Waals surface area contributed by atoms with Gasteiger partial charge in [-0.2, -0.15) is 0 Å². The zero-order valence-corrected chi connectivity index (χ0v) is 18.1. The van der Waals surface area contributed by atoms with Gasteiger partial charge in [0, 0.05) is 36.7 Å². The highest BCUT2D eigenvalue weighted by Gasteiger charge is 2.45. The van der Waals surface area contributed by atoms with Crippen molar-refractivity contribution in [1.29, 1.82) is 10.8 Å². The number of aromatic nitrogens is 2. The summed E-state index contributed by atoms with van der Waals surface area (Å²) in [6, 6.07) is 7.30. The van der Waals surface area contributed by atoms with Crippen molar-refractivity contribution in [3.63, 3.8) is 0 Å². The van der Waals surface area contributed by atoms with Crippen LogP contribution >= 0.6 is 0 Å². The number of hydrogen-bond donors (Lipinski definition) is 6. The van der Waals surface area contributed by atoms with E-state index in [4.69, 9.17) is 20.7 Å². The first-order chi connectivity index (χ1) is 15.3. The van der Waals surface area contributed by atoms with Crippen LogP contribution in [0.2, 0.25) is 0 Å². The molecule has 3 unspecified atom stereocenters. The quantitative estimate of drug-likeness (QED) is 0.243. The molecule has 1 aliphatic carbocycles. The lowest BCUT2D eigenvalue weighted by Crippen LogP contribution is -2.35. The molecule has 1 aromatic carbocycles. The van der Waals surface area contributed by atoms with Gasteiger partial charge >= 0.3 is 0 Å². The molecule has 0 bridgehead atoms. The summed E-state index contributed by atoms with van der Waals surface area (Å²) >= 11 is 0. The average Bonchev–Trinajstić information content (AvgIpc) is 3.59. The molecule has 3 rings (SSSR count). The molecular formula is C22H28N6O4. The lowest BCUT2D eigenvalue weighted by atomic mass is 10.1. The van der Waals surface area contributed by atoms with Crippen LogP contribution in [0.3, 0.4) is 0 Å². The molecule has 1 saturated carbocycles. The van der Waals surface area contributed by atoms with Crippen molar-refractivity contribution in [2.24, 2.45) is 5.92 Å². The van der Waals surface area contributed by atoms with Crippen LogP contribution < -0.4 is 10.6 Å². The van der Waals surface area contributed by atoms with Crippen LogP contribution in [0.5, 0.6) is 0 Å². The van der Waals surface area contributed by atoms with E-state index in [1.807, 2.05) is 19.2 Å². The van der Waals surface area contributed by atoms with Crippen molar-refractivity contribution in [3.8, 4) is 0 Å². The van der Waals surface area contributed by atoms with Crippen LogP contribution in [-0.2, 0) is 16.1 Å². The molecule has 0 aliphatic heterocycles. The summed E-state index contributed by atoms with van der Waals surface area (Å²) in [5, 5.41) is 40.3. The summed E-state index contributed by atoms with van der Waals surface area (Å²) < 4.78 is 5.43. The van der Waals surface area contributed by atoms with E-state index in [-0.39, 0.29) is 41.8 Å². The molecule has 1 aliphatic rings. The molecule has 0 saturated heterocycles. The maximum atomic E-state index is 12.2. The third kappa shape index (κ3) is 5.72. The summed E-state index contributed by atoms with van der Waals surface area (Å²) in [6.45, 7) is 1.99. The first kappa shape index (κ1) is 23.5. The molecule has 1 aromatic heterocycles. The Hall–Kier alpha value is -3.21. The molecule has 32 heavy (non-hydrogen) atoms. The molecule has 10 heteroatoms. The van der Waals surface area contributed by atoms with Crippen molar-refractivity contribution in [2.45, 2.75) is 31.9 Å². The smallest absolute Gasteiger partial charge is 0.241 e. The van der Waals surface area contributed by atoms with Crippen LogP contribution in [0.1, 0.15) is 40.5 Å². The van der Waals surface area contributed by atoms with Crippen molar-refractivity contribution in [3.05, 3.63) is 58.7 Å². The van der Waals surface area contributed by atoms with Gasteiger partial charge in [0.25, 0.3) is 0 Å². The number of benzene rings is 1. The number of nitrogens with one attached hydrogen (secondary N) is 4. The number of aliphatic hydroxyl groups excluding tert-OH is 2. The number of aliphatic hydroxyl groups is 2. The first-order valence-electron chi connectivity index (χ1n) is 10.3. The number of amides is 1. The number of nitrogens with zero attached hydrogens (tertiary/aromatic N) is 2. The SMILES string of the molecule is CNCc1ccc(C(=N)OC(=N)c2nc(C3CC3C(=O)NCC(O)CO)cnc2C)cc1. The Morgan fingerprint density at radius 1 is 1.28 bits per heavy atom. The second-order valence-electron chi connectivity index (χ2n) is 7.75. The maximum absolute atomic E-state index is 12.2. The number of aryl methyl sites for hydroxylation is 1. The summed E-state index contributed by atoms with van der Waals surface area (Å²) in [4.78, 5) is 21.0. The average molecular weight is 441 g/mol. The van der Waals surface area contributed by atoms with E-state index in [0.29, 0.717) is 29.9 Å². The van der Waals surface area contributed by atoms with Crippen molar-refractivity contribution in [1.82, 2.24) is 20.6 Å². The summed E-state index contributed by atoms with van der Waals surface area (Å²) in [5.74, 6) is -1.10. The Morgan fingerprint density at radius 2 is 2.00 bits per heavy atom. The third-order valence-corrected chi connectivity index (χ3v) is 5.22. The number of carbonyl (C=O) groups is 1. The van der Waals surface area contributed by atoms with Gasteiger partial charge in [0.05, 0.1) is 24.1 Å². The van der Waals surface area contributed by atoms with Crippen molar-refractivity contribution >= 4 is 17.7 Å². The minimum absolute atomic E-state index is 0.0140. The molecule has 0 radical (unpaired) electrons. The van der Waals surface area contributed by atoms with Gasteiger partial charge in [-0.1, -0.05) is 12.1 Å². The Morgan fingerprint density at radius 3 is 2.66 bits per heavy atom. The van der Waals surface area contributed by atoms with Crippen LogP contribution in [0, 0.1) is 23.7 Å². The van der Waals surface area contributed by atoms with Crippen molar-refractivity contribution < 1.29 is 19.7 Å². The largest absolute Gasteiger partial charge is 0.419 e. The van der Waals surface area contributed by atoms with E-state index < -0.39 is 12.7 Å². The normalized spacial score (nSPS) is 18.0. The fourth-order valence-corrected chi connectivity index (χ4v) is 3.27. The lowest BCUT2D eigenvalue weighted by molar-refractivity contribution is -0.123. The summed E-state index contributed by atoms with van der Waals surface area (Å²) in [5.41, 5.74) is 2.90.